The fraction of sp³-hybridized carbons (Fsp3) is 0.588. The average Bonchev–Trinajstić information content (AvgIpc) is 3.14. The van der Waals surface area contributed by atoms with Crippen molar-refractivity contribution >= 4 is 5.91 Å². The Morgan fingerprint density at radius 2 is 2.05 bits per heavy atom. The van der Waals surface area contributed by atoms with E-state index >= 15 is 0 Å². The summed E-state index contributed by atoms with van der Waals surface area (Å²) in [6.45, 7) is 0. The van der Waals surface area contributed by atoms with Crippen LogP contribution in [0.2, 0.25) is 0 Å². The fourth-order valence-corrected chi connectivity index (χ4v) is 4.64. The summed E-state index contributed by atoms with van der Waals surface area (Å²) in [5.41, 5.74) is 8.75. The summed E-state index contributed by atoms with van der Waals surface area (Å²) < 4.78 is 0. The number of nitrogens with two attached hydrogens (primary N) is 1. The molecule has 20 heavy (non-hydrogen) atoms. The quantitative estimate of drug-likeness (QED) is 0.865. The lowest BCUT2D eigenvalue weighted by Crippen LogP contribution is -2.42. The molecule has 3 nitrogen and oxygen atoms in total. The molecule has 0 saturated heterocycles. The van der Waals surface area contributed by atoms with Gasteiger partial charge in [0.15, 0.2) is 0 Å². The van der Waals surface area contributed by atoms with E-state index in [2.05, 4.69) is 17.4 Å². The van der Waals surface area contributed by atoms with Crippen molar-refractivity contribution in [1.29, 1.82) is 0 Å². The first kappa shape index (κ1) is 12.4. The molecule has 2 fully saturated rings. The first-order valence-electron chi connectivity index (χ1n) is 7.86. The summed E-state index contributed by atoms with van der Waals surface area (Å²) in [5.74, 6) is 1.93. The van der Waals surface area contributed by atoms with Crippen LogP contribution in [-0.2, 0) is 11.2 Å². The summed E-state index contributed by atoms with van der Waals surface area (Å²) in [6, 6.07) is 8.35. The van der Waals surface area contributed by atoms with E-state index in [-0.39, 0.29) is 23.9 Å². The Morgan fingerprint density at radius 1 is 1.20 bits per heavy atom. The van der Waals surface area contributed by atoms with Gasteiger partial charge in [0.2, 0.25) is 5.91 Å². The van der Waals surface area contributed by atoms with Crippen LogP contribution in [0.3, 0.4) is 0 Å². The highest BCUT2D eigenvalue weighted by molar-refractivity contribution is 5.80. The Balaban J connectivity index is 1.50. The third-order valence-electron chi connectivity index (χ3n) is 5.65. The van der Waals surface area contributed by atoms with E-state index in [1.54, 1.807) is 0 Å². The van der Waals surface area contributed by atoms with Gasteiger partial charge >= 0.3 is 0 Å². The van der Waals surface area contributed by atoms with E-state index in [1.807, 2.05) is 12.1 Å². The second kappa shape index (κ2) is 4.59. The molecule has 3 aliphatic rings. The Kier molecular flexibility index (Phi) is 2.84. The molecule has 0 aromatic heterocycles. The van der Waals surface area contributed by atoms with Crippen LogP contribution in [0.1, 0.15) is 42.9 Å². The van der Waals surface area contributed by atoms with Gasteiger partial charge in [-0.25, -0.2) is 0 Å². The zero-order chi connectivity index (χ0) is 13.7. The Hall–Kier alpha value is -1.35. The van der Waals surface area contributed by atoms with Gasteiger partial charge < -0.3 is 11.1 Å². The van der Waals surface area contributed by atoms with Gasteiger partial charge in [-0.1, -0.05) is 30.7 Å². The van der Waals surface area contributed by atoms with Crippen LogP contribution in [0.15, 0.2) is 24.3 Å². The largest absolute Gasteiger partial charge is 0.347 e. The lowest BCUT2D eigenvalue weighted by Gasteiger charge is -2.25. The molecule has 3 aliphatic carbocycles. The van der Waals surface area contributed by atoms with Gasteiger partial charge in [-0.05, 0) is 48.6 Å². The molecule has 0 radical (unpaired) electrons. The van der Waals surface area contributed by atoms with Gasteiger partial charge in [-0.15, -0.1) is 0 Å². The number of fused-ring (bicyclic) bond motifs is 3. The molecule has 5 unspecified atom stereocenters. The molecule has 0 aliphatic heterocycles. The van der Waals surface area contributed by atoms with Crippen molar-refractivity contribution < 1.29 is 4.79 Å². The highest BCUT2D eigenvalue weighted by atomic mass is 16.2. The maximum atomic E-state index is 12.6. The average molecular weight is 270 g/mol. The highest BCUT2D eigenvalue weighted by Gasteiger charge is 2.44. The number of hydrogen-bond acceptors (Lipinski definition) is 2. The molecule has 4 rings (SSSR count). The number of benzene rings is 1. The zero-order valence-electron chi connectivity index (χ0n) is 11.7. The molecule has 1 amide bonds. The summed E-state index contributed by atoms with van der Waals surface area (Å²) in [6.07, 6.45) is 5.82. The van der Waals surface area contributed by atoms with Crippen LogP contribution in [-0.4, -0.2) is 11.9 Å². The van der Waals surface area contributed by atoms with Gasteiger partial charge in [0, 0.05) is 12.0 Å². The van der Waals surface area contributed by atoms with Crippen molar-refractivity contribution in [2.45, 2.75) is 44.2 Å². The maximum absolute atomic E-state index is 12.6. The fourth-order valence-electron chi connectivity index (χ4n) is 4.64. The Bertz CT molecular complexity index is 542. The van der Waals surface area contributed by atoms with Crippen molar-refractivity contribution in [3.05, 3.63) is 35.4 Å². The molecule has 106 valence electrons. The number of carbonyl (C=O) groups excluding carboxylic acids is 1. The third-order valence-corrected chi connectivity index (χ3v) is 5.65. The minimum Gasteiger partial charge on any atom is -0.347 e. The first-order valence-corrected chi connectivity index (χ1v) is 7.86. The molecule has 2 saturated carbocycles. The van der Waals surface area contributed by atoms with Crippen molar-refractivity contribution in [3.8, 4) is 0 Å². The standard InChI is InChI=1S/C17H22N2O/c18-15-9-11-3-1-2-4-13(11)16(15)19-17(20)14-8-10-5-6-12(14)7-10/h1-4,10,12,14-16H,5-9,18H2,(H,19,20). The summed E-state index contributed by atoms with van der Waals surface area (Å²) in [7, 11) is 0. The molecule has 3 N–H and O–H groups in total. The van der Waals surface area contributed by atoms with Gasteiger partial charge in [0.05, 0.1) is 6.04 Å². The molecule has 1 aromatic rings. The second-order valence-corrected chi connectivity index (χ2v) is 6.83. The van der Waals surface area contributed by atoms with Crippen LogP contribution in [0.5, 0.6) is 0 Å². The number of rotatable bonds is 2. The van der Waals surface area contributed by atoms with E-state index in [0.29, 0.717) is 5.92 Å². The van der Waals surface area contributed by atoms with Crippen molar-refractivity contribution in [2.24, 2.45) is 23.5 Å². The predicted molar refractivity (Wildman–Crippen MR) is 77.9 cm³/mol. The van der Waals surface area contributed by atoms with Crippen LogP contribution in [0, 0.1) is 17.8 Å². The number of hydrogen-bond donors (Lipinski definition) is 2. The molecule has 3 heteroatoms. The van der Waals surface area contributed by atoms with E-state index < -0.39 is 0 Å². The molecule has 5 atom stereocenters. The van der Waals surface area contributed by atoms with Crippen molar-refractivity contribution in [2.75, 3.05) is 0 Å². The Labute approximate surface area is 119 Å². The van der Waals surface area contributed by atoms with E-state index in [9.17, 15) is 4.79 Å². The Morgan fingerprint density at radius 3 is 2.80 bits per heavy atom. The smallest absolute Gasteiger partial charge is 0.223 e. The van der Waals surface area contributed by atoms with E-state index in [4.69, 9.17) is 5.73 Å². The van der Waals surface area contributed by atoms with Crippen LogP contribution >= 0.6 is 0 Å². The summed E-state index contributed by atoms with van der Waals surface area (Å²) in [5, 5.41) is 3.25. The summed E-state index contributed by atoms with van der Waals surface area (Å²) in [4.78, 5) is 12.6. The summed E-state index contributed by atoms with van der Waals surface area (Å²) >= 11 is 0. The SMILES string of the molecule is NC1Cc2ccccc2C1NC(=O)C1CC2CCC1C2. The number of nitrogens with one attached hydrogen (secondary N) is 1. The minimum absolute atomic E-state index is 0.0119. The van der Waals surface area contributed by atoms with E-state index in [0.717, 1.165) is 18.8 Å². The zero-order valence-corrected chi connectivity index (χ0v) is 11.7. The molecular formula is C17H22N2O. The van der Waals surface area contributed by atoms with E-state index in [1.165, 1.54) is 30.4 Å². The molecular weight excluding hydrogens is 248 g/mol. The molecule has 1 aromatic carbocycles. The number of amides is 1. The third kappa shape index (κ3) is 1.87. The second-order valence-electron chi connectivity index (χ2n) is 6.83. The van der Waals surface area contributed by atoms with Crippen molar-refractivity contribution in [3.63, 3.8) is 0 Å². The molecule has 2 bridgehead atoms. The monoisotopic (exact) mass is 270 g/mol. The lowest BCUT2D eigenvalue weighted by molar-refractivity contribution is -0.127. The maximum Gasteiger partial charge on any atom is 0.223 e. The van der Waals surface area contributed by atoms with Crippen LogP contribution in [0.4, 0.5) is 0 Å². The molecule has 0 heterocycles. The number of carbonyl (C=O) groups is 1. The topological polar surface area (TPSA) is 55.1 Å². The minimum atomic E-state index is 0.0119. The van der Waals surface area contributed by atoms with Gasteiger partial charge in [-0.3, -0.25) is 4.79 Å². The van der Waals surface area contributed by atoms with Crippen LogP contribution < -0.4 is 11.1 Å². The van der Waals surface area contributed by atoms with Crippen LogP contribution in [0.25, 0.3) is 0 Å². The van der Waals surface area contributed by atoms with Crippen molar-refractivity contribution in [1.82, 2.24) is 5.32 Å². The predicted octanol–water partition coefficient (Wildman–Crippen LogP) is 2.16. The molecule has 0 spiro atoms. The van der Waals surface area contributed by atoms with Gasteiger partial charge in [0.25, 0.3) is 0 Å². The van der Waals surface area contributed by atoms with Gasteiger partial charge in [-0.2, -0.15) is 0 Å². The first-order chi connectivity index (χ1) is 9.72. The highest BCUT2D eigenvalue weighted by Crippen LogP contribution is 2.48. The lowest BCUT2D eigenvalue weighted by atomic mass is 9.88. The van der Waals surface area contributed by atoms with Gasteiger partial charge in [0.1, 0.15) is 0 Å². The normalized spacial score (nSPS) is 38.0.